The molecule has 1 heterocycles. The van der Waals surface area contributed by atoms with E-state index in [1.807, 2.05) is 0 Å². The molecule has 1 aromatic rings. The van der Waals surface area contributed by atoms with Crippen molar-refractivity contribution in [2.24, 2.45) is 5.73 Å². The van der Waals surface area contributed by atoms with Crippen LogP contribution in [0.5, 0.6) is 0 Å². The van der Waals surface area contributed by atoms with E-state index in [1.165, 1.54) is 0 Å². The zero-order chi connectivity index (χ0) is 17.0. The molecule has 1 aromatic carbocycles. The Bertz CT molecular complexity index is 638. The first kappa shape index (κ1) is 17.5. The molecule has 1 aliphatic heterocycles. The van der Waals surface area contributed by atoms with Crippen molar-refractivity contribution in [1.29, 1.82) is 0 Å². The van der Waals surface area contributed by atoms with Crippen LogP contribution >= 0.6 is 23.2 Å². The van der Waals surface area contributed by atoms with Crippen LogP contribution in [0.4, 0.5) is 4.79 Å². The number of benzene rings is 1. The lowest BCUT2D eigenvalue weighted by molar-refractivity contribution is -0.132. The predicted molar refractivity (Wildman–Crippen MR) is 85.8 cm³/mol. The van der Waals surface area contributed by atoms with Gasteiger partial charge in [0.25, 0.3) is 0 Å². The number of urea groups is 1. The molecule has 4 N–H and O–H groups in total. The number of hydrogen-bond acceptors (Lipinski definition) is 4. The maximum Gasteiger partial charge on any atom is 0.325 e. The van der Waals surface area contributed by atoms with Gasteiger partial charge in [0.2, 0.25) is 11.8 Å². The number of imide groups is 1. The molecule has 9 heteroatoms. The molecule has 0 saturated carbocycles. The zero-order valence-corrected chi connectivity index (χ0v) is 13.7. The van der Waals surface area contributed by atoms with Crippen molar-refractivity contribution >= 4 is 41.0 Å². The van der Waals surface area contributed by atoms with Crippen LogP contribution < -0.4 is 16.4 Å². The lowest BCUT2D eigenvalue weighted by atomic mass is 10.2. The van der Waals surface area contributed by atoms with Crippen molar-refractivity contribution in [2.75, 3.05) is 6.67 Å². The summed E-state index contributed by atoms with van der Waals surface area (Å²) >= 11 is 11.9. The van der Waals surface area contributed by atoms with Crippen LogP contribution in [-0.4, -0.2) is 35.5 Å². The number of amides is 4. The van der Waals surface area contributed by atoms with Crippen molar-refractivity contribution in [3.8, 4) is 0 Å². The van der Waals surface area contributed by atoms with Gasteiger partial charge in [-0.05, 0) is 24.1 Å². The molecular weight excluding hydrogens is 343 g/mol. The topological polar surface area (TPSA) is 105 Å². The second-order valence-corrected chi connectivity index (χ2v) is 5.80. The highest BCUT2D eigenvalue weighted by atomic mass is 35.5. The summed E-state index contributed by atoms with van der Waals surface area (Å²) in [5.74, 6) is -0.824. The first-order valence-electron chi connectivity index (χ1n) is 6.95. The Morgan fingerprint density at radius 2 is 2.04 bits per heavy atom. The molecule has 0 spiro atoms. The Balaban J connectivity index is 2.01. The van der Waals surface area contributed by atoms with E-state index >= 15 is 0 Å². The number of hydrogen-bond donors (Lipinski definition) is 3. The molecular formula is C14H16Cl2N4O3. The van der Waals surface area contributed by atoms with Crippen LogP contribution in [0.2, 0.25) is 10.0 Å². The largest absolute Gasteiger partial charge is 0.350 e. The number of carbonyl (C=O) groups is 3. The van der Waals surface area contributed by atoms with Gasteiger partial charge in [0.15, 0.2) is 0 Å². The maximum atomic E-state index is 12.3. The Kier molecular flexibility index (Phi) is 5.81. The molecule has 124 valence electrons. The minimum absolute atomic E-state index is 0.114. The lowest BCUT2D eigenvalue weighted by Gasteiger charge is -2.22. The summed E-state index contributed by atoms with van der Waals surface area (Å²) in [5.41, 5.74) is 5.92. The molecule has 7 nitrogen and oxygen atoms in total. The van der Waals surface area contributed by atoms with Gasteiger partial charge in [-0.3, -0.25) is 14.5 Å². The van der Waals surface area contributed by atoms with E-state index in [1.54, 1.807) is 18.2 Å². The second kappa shape index (κ2) is 7.63. The Morgan fingerprint density at radius 3 is 2.70 bits per heavy atom. The van der Waals surface area contributed by atoms with Crippen LogP contribution in [0.25, 0.3) is 0 Å². The zero-order valence-electron chi connectivity index (χ0n) is 12.1. The third-order valence-electron chi connectivity index (χ3n) is 3.45. The average molecular weight is 359 g/mol. The predicted octanol–water partition coefficient (Wildman–Crippen LogP) is 1.23. The van der Waals surface area contributed by atoms with Gasteiger partial charge in [0.05, 0.1) is 6.67 Å². The number of likely N-dealkylation sites (tertiary alicyclic amines) is 1. The molecule has 0 radical (unpaired) electrons. The van der Waals surface area contributed by atoms with Crippen molar-refractivity contribution in [3.05, 3.63) is 33.8 Å². The van der Waals surface area contributed by atoms with Crippen molar-refractivity contribution in [3.63, 3.8) is 0 Å². The van der Waals surface area contributed by atoms with E-state index in [0.29, 0.717) is 15.6 Å². The van der Waals surface area contributed by atoms with Gasteiger partial charge in [-0.2, -0.15) is 0 Å². The second-order valence-electron chi connectivity index (χ2n) is 4.96. The quantitative estimate of drug-likeness (QED) is 0.703. The molecule has 0 unspecified atom stereocenters. The SMILES string of the molecule is NCNC(=O)N1C(=O)CC[C@H]1C(=O)NCc1ccc(Cl)cc1Cl. The highest BCUT2D eigenvalue weighted by Gasteiger charge is 2.39. The highest BCUT2D eigenvalue weighted by molar-refractivity contribution is 6.35. The number of halogens is 2. The van der Waals surface area contributed by atoms with Gasteiger partial charge < -0.3 is 16.4 Å². The van der Waals surface area contributed by atoms with E-state index in [-0.39, 0.29) is 26.1 Å². The van der Waals surface area contributed by atoms with Crippen LogP contribution in [-0.2, 0) is 16.1 Å². The van der Waals surface area contributed by atoms with E-state index in [9.17, 15) is 14.4 Å². The number of nitrogens with one attached hydrogen (secondary N) is 2. The molecule has 2 rings (SSSR count). The fraction of sp³-hybridized carbons (Fsp3) is 0.357. The van der Waals surface area contributed by atoms with Gasteiger partial charge in [-0.25, -0.2) is 4.79 Å². The average Bonchev–Trinajstić information content (AvgIpc) is 2.88. The monoisotopic (exact) mass is 358 g/mol. The van der Waals surface area contributed by atoms with E-state index in [0.717, 1.165) is 4.90 Å². The lowest BCUT2D eigenvalue weighted by Crippen LogP contribution is -2.51. The fourth-order valence-electron chi connectivity index (χ4n) is 2.32. The van der Waals surface area contributed by atoms with Crippen molar-refractivity contribution in [1.82, 2.24) is 15.5 Å². The maximum absolute atomic E-state index is 12.3. The third kappa shape index (κ3) is 4.13. The van der Waals surface area contributed by atoms with E-state index in [2.05, 4.69) is 10.6 Å². The molecule has 1 fully saturated rings. The van der Waals surface area contributed by atoms with Crippen molar-refractivity contribution in [2.45, 2.75) is 25.4 Å². The molecule has 0 aliphatic carbocycles. The fourth-order valence-corrected chi connectivity index (χ4v) is 2.80. The summed E-state index contributed by atoms with van der Waals surface area (Å²) in [5, 5.41) is 5.92. The summed E-state index contributed by atoms with van der Waals surface area (Å²) in [6.45, 7) is 0.0587. The van der Waals surface area contributed by atoms with Gasteiger partial charge in [-0.1, -0.05) is 29.3 Å². The van der Waals surface area contributed by atoms with E-state index in [4.69, 9.17) is 28.9 Å². The molecule has 0 bridgehead atoms. The standard InChI is InChI=1S/C14H16Cl2N4O3/c15-9-2-1-8(10(16)5-9)6-18-13(22)11-3-4-12(21)20(11)14(23)19-7-17/h1-2,5,11H,3-4,6-7,17H2,(H,18,22)(H,19,23)/t11-/m0/s1. The van der Waals surface area contributed by atoms with Crippen LogP contribution in [0.3, 0.4) is 0 Å². The minimum Gasteiger partial charge on any atom is -0.350 e. The molecule has 23 heavy (non-hydrogen) atoms. The normalized spacial score (nSPS) is 17.3. The molecule has 1 atom stereocenters. The van der Waals surface area contributed by atoms with Gasteiger partial charge in [0, 0.05) is 23.0 Å². The number of nitrogens with two attached hydrogens (primary N) is 1. The minimum atomic E-state index is -0.847. The molecule has 1 saturated heterocycles. The molecule has 4 amide bonds. The molecule has 1 aliphatic rings. The first-order chi connectivity index (χ1) is 10.9. The van der Waals surface area contributed by atoms with Gasteiger partial charge in [-0.15, -0.1) is 0 Å². The van der Waals surface area contributed by atoms with Crippen molar-refractivity contribution < 1.29 is 14.4 Å². The number of carbonyl (C=O) groups excluding carboxylic acids is 3. The van der Waals surface area contributed by atoms with Crippen LogP contribution in [0.15, 0.2) is 18.2 Å². The first-order valence-corrected chi connectivity index (χ1v) is 7.71. The third-order valence-corrected chi connectivity index (χ3v) is 4.04. The Morgan fingerprint density at radius 1 is 1.30 bits per heavy atom. The number of rotatable bonds is 4. The summed E-state index contributed by atoms with van der Waals surface area (Å²) in [6, 6.07) is 3.42. The summed E-state index contributed by atoms with van der Waals surface area (Å²) < 4.78 is 0. The van der Waals surface area contributed by atoms with Crippen LogP contribution in [0, 0.1) is 0 Å². The summed E-state index contributed by atoms with van der Waals surface area (Å²) in [4.78, 5) is 36.8. The summed E-state index contributed by atoms with van der Waals surface area (Å²) in [7, 11) is 0. The Hall–Kier alpha value is -1.83. The van der Waals surface area contributed by atoms with Gasteiger partial charge >= 0.3 is 6.03 Å². The van der Waals surface area contributed by atoms with E-state index < -0.39 is 23.9 Å². The van der Waals surface area contributed by atoms with Gasteiger partial charge in [0.1, 0.15) is 6.04 Å². The highest BCUT2D eigenvalue weighted by Crippen LogP contribution is 2.22. The molecule has 0 aromatic heterocycles. The smallest absolute Gasteiger partial charge is 0.325 e. The number of nitrogens with zero attached hydrogens (tertiary/aromatic N) is 1. The van der Waals surface area contributed by atoms with Crippen LogP contribution in [0.1, 0.15) is 18.4 Å². The summed E-state index contributed by atoms with van der Waals surface area (Å²) in [6.07, 6.45) is 0.411. The Labute approximate surface area is 143 Å².